The molecule has 0 aromatic carbocycles. The van der Waals surface area contributed by atoms with Crippen LogP contribution in [0.5, 0.6) is 0 Å². The van der Waals surface area contributed by atoms with E-state index in [1.807, 2.05) is 0 Å². The lowest BCUT2D eigenvalue weighted by Gasteiger charge is -2.34. The van der Waals surface area contributed by atoms with E-state index in [1.165, 1.54) is 22.4 Å². The van der Waals surface area contributed by atoms with Gasteiger partial charge in [0.15, 0.2) is 5.72 Å². The van der Waals surface area contributed by atoms with E-state index >= 15 is 0 Å². The van der Waals surface area contributed by atoms with Crippen LogP contribution in [0.1, 0.15) is 36.8 Å². The lowest BCUT2D eigenvalue weighted by molar-refractivity contribution is -0.0654. The van der Waals surface area contributed by atoms with Crippen LogP contribution in [-0.2, 0) is 5.72 Å². The third-order valence-electron chi connectivity index (χ3n) is 3.90. The third kappa shape index (κ3) is 1.39. The van der Waals surface area contributed by atoms with E-state index in [0.29, 0.717) is 22.6 Å². The largest absolute Gasteiger partial charge is 0.369 e. The molecule has 1 N–H and O–H groups in total. The molecule has 0 spiro atoms. The maximum Gasteiger partial charge on any atom is 0.254 e. The normalized spacial score (nSPS) is 29.5. The van der Waals surface area contributed by atoms with Crippen molar-refractivity contribution < 1.29 is 5.11 Å². The third-order valence-corrected chi connectivity index (χ3v) is 5.41. The quantitative estimate of drug-likeness (QED) is 0.773. The van der Waals surface area contributed by atoms with Crippen LogP contribution in [0.3, 0.4) is 0 Å². The second-order valence-corrected chi connectivity index (χ2v) is 6.22. The monoisotopic (exact) mass is 262 g/mol. The van der Waals surface area contributed by atoms with Gasteiger partial charge >= 0.3 is 0 Å². The molecular weight excluding hydrogens is 248 g/mol. The highest BCUT2D eigenvalue weighted by molar-refractivity contribution is 8.00. The molecule has 1 aromatic rings. The standard InChI is InChI=1S/C13H14N2O2S/c1-8-6-11(16)15-12(9(8)7-14)18-10-4-2-3-5-13(10,15)17/h6,10,17H,2-5H2,1H3/t10-,13-/m1/s1. The van der Waals surface area contributed by atoms with Crippen molar-refractivity contribution in [1.82, 2.24) is 4.57 Å². The summed E-state index contributed by atoms with van der Waals surface area (Å²) in [5.41, 5.74) is -0.0546. The zero-order valence-corrected chi connectivity index (χ0v) is 11.0. The number of nitrogens with zero attached hydrogens (tertiary/aromatic N) is 2. The van der Waals surface area contributed by atoms with Crippen molar-refractivity contribution in [2.75, 3.05) is 0 Å². The molecule has 94 valence electrons. The summed E-state index contributed by atoms with van der Waals surface area (Å²) in [7, 11) is 0. The van der Waals surface area contributed by atoms with Crippen molar-refractivity contribution in [1.29, 1.82) is 5.26 Å². The molecule has 5 heteroatoms. The van der Waals surface area contributed by atoms with Crippen LogP contribution in [0, 0.1) is 18.3 Å². The number of hydrogen-bond donors (Lipinski definition) is 1. The van der Waals surface area contributed by atoms with Gasteiger partial charge in [-0.1, -0.05) is 18.2 Å². The Morgan fingerprint density at radius 2 is 2.39 bits per heavy atom. The van der Waals surface area contributed by atoms with E-state index in [4.69, 9.17) is 0 Å². The van der Waals surface area contributed by atoms with Gasteiger partial charge in [0.2, 0.25) is 0 Å². The molecule has 1 aliphatic heterocycles. The molecule has 1 saturated carbocycles. The van der Waals surface area contributed by atoms with Crippen molar-refractivity contribution >= 4 is 11.8 Å². The summed E-state index contributed by atoms with van der Waals surface area (Å²) in [5.74, 6) is 0. The summed E-state index contributed by atoms with van der Waals surface area (Å²) in [6, 6.07) is 3.61. The molecule has 0 bridgehead atoms. The first-order valence-electron chi connectivity index (χ1n) is 6.14. The van der Waals surface area contributed by atoms with Gasteiger partial charge in [-0.2, -0.15) is 5.26 Å². The van der Waals surface area contributed by atoms with Crippen LogP contribution >= 0.6 is 11.8 Å². The molecule has 2 aliphatic rings. The fraction of sp³-hybridized carbons (Fsp3) is 0.538. The Labute approximate surface area is 109 Å². The van der Waals surface area contributed by atoms with E-state index < -0.39 is 5.72 Å². The van der Waals surface area contributed by atoms with Crippen LogP contribution in [0.15, 0.2) is 15.9 Å². The highest BCUT2D eigenvalue weighted by Gasteiger charge is 2.49. The maximum absolute atomic E-state index is 12.1. The Balaban J connectivity index is 2.29. The molecule has 0 radical (unpaired) electrons. The number of pyridine rings is 1. The van der Waals surface area contributed by atoms with Crippen molar-refractivity contribution in [2.24, 2.45) is 0 Å². The molecule has 1 aromatic heterocycles. The molecule has 0 saturated heterocycles. The Kier molecular flexibility index (Phi) is 2.54. The first-order valence-corrected chi connectivity index (χ1v) is 7.02. The van der Waals surface area contributed by atoms with Gasteiger partial charge in [0.05, 0.1) is 15.8 Å². The number of aromatic nitrogens is 1. The van der Waals surface area contributed by atoms with E-state index in [2.05, 4.69) is 6.07 Å². The Hall–Kier alpha value is -1.25. The predicted molar refractivity (Wildman–Crippen MR) is 68.5 cm³/mol. The molecule has 3 rings (SSSR count). The zero-order valence-electron chi connectivity index (χ0n) is 10.1. The number of thioether (sulfide) groups is 1. The van der Waals surface area contributed by atoms with Crippen LogP contribution in [0.25, 0.3) is 0 Å². The van der Waals surface area contributed by atoms with Gasteiger partial charge in [0.1, 0.15) is 6.07 Å². The summed E-state index contributed by atoms with van der Waals surface area (Å²) in [6.07, 6.45) is 3.50. The van der Waals surface area contributed by atoms with Crippen LogP contribution in [0.4, 0.5) is 0 Å². The summed E-state index contributed by atoms with van der Waals surface area (Å²) in [5, 5.41) is 20.7. The topological polar surface area (TPSA) is 66.0 Å². The summed E-state index contributed by atoms with van der Waals surface area (Å²) < 4.78 is 1.45. The van der Waals surface area contributed by atoms with Crippen molar-refractivity contribution in [3.8, 4) is 6.07 Å². The Morgan fingerprint density at radius 1 is 1.61 bits per heavy atom. The van der Waals surface area contributed by atoms with E-state index in [-0.39, 0.29) is 10.8 Å². The molecule has 0 unspecified atom stereocenters. The molecule has 1 aliphatic carbocycles. The second-order valence-electron chi connectivity index (χ2n) is 5.02. The van der Waals surface area contributed by atoms with Gasteiger partial charge in [-0.05, 0) is 31.7 Å². The van der Waals surface area contributed by atoms with Crippen molar-refractivity contribution in [3.05, 3.63) is 27.5 Å². The number of rotatable bonds is 0. The molecule has 1 fully saturated rings. The van der Waals surface area contributed by atoms with Gasteiger partial charge < -0.3 is 5.11 Å². The minimum Gasteiger partial charge on any atom is -0.369 e. The van der Waals surface area contributed by atoms with Gasteiger partial charge in [0, 0.05) is 6.07 Å². The molecule has 0 amide bonds. The highest BCUT2D eigenvalue weighted by atomic mass is 32.2. The fourth-order valence-corrected chi connectivity index (χ4v) is 4.61. The van der Waals surface area contributed by atoms with Gasteiger partial charge in [0.25, 0.3) is 5.56 Å². The smallest absolute Gasteiger partial charge is 0.254 e. The SMILES string of the molecule is Cc1cc(=O)n2c(c1C#N)S[C@@H]1CCCC[C@@]12O. The molecule has 18 heavy (non-hydrogen) atoms. The second kappa shape index (κ2) is 3.87. The maximum atomic E-state index is 12.1. The van der Waals surface area contributed by atoms with Gasteiger partial charge in [-0.3, -0.25) is 9.36 Å². The van der Waals surface area contributed by atoms with E-state index in [0.717, 1.165) is 19.3 Å². The van der Waals surface area contributed by atoms with Crippen LogP contribution < -0.4 is 5.56 Å². The average molecular weight is 262 g/mol. The molecule has 2 heterocycles. The Bertz CT molecular complexity index is 617. The number of aryl methyl sites for hydroxylation is 1. The zero-order chi connectivity index (χ0) is 12.9. The minimum atomic E-state index is -1.09. The van der Waals surface area contributed by atoms with Crippen LogP contribution in [0.2, 0.25) is 0 Å². The average Bonchev–Trinajstić information content (AvgIpc) is 2.62. The lowest BCUT2D eigenvalue weighted by atomic mass is 9.90. The predicted octanol–water partition coefficient (Wildman–Crippen LogP) is 1.72. The van der Waals surface area contributed by atoms with Crippen molar-refractivity contribution in [2.45, 2.75) is 48.6 Å². The summed E-state index contributed by atoms with van der Waals surface area (Å²) in [6.45, 7) is 1.77. The molecule has 4 nitrogen and oxygen atoms in total. The fourth-order valence-electron chi connectivity index (χ4n) is 2.97. The highest BCUT2D eigenvalue weighted by Crippen LogP contribution is 2.50. The van der Waals surface area contributed by atoms with Crippen molar-refractivity contribution in [3.63, 3.8) is 0 Å². The number of aliphatic hydroxyl groups is 1. The first-order chi connectivity index (χ1) is 8.58. The molecule has 2 atom stereocenters. The summed E-state index contributed by atoms with van der Waals surface area (Å²) in [4.78, 5) is 12.1. The summed E-state index contributed by atoms with van der Waals surface area (Å²) >= 11 is 1.49. The number of fused-ring (bicyclic) bond motifs is 3. The number of nitriles is 1. The van der Waals surface area contributed by atoms with Gasteiger partial charge in [-0.15, -0.1) is 0 Å². The van der Waals surface area contributed by atoms with Crippen LogP contribution in [-0.4, -0.2) is 14.9 Å². The Morgan fingerprint density at radius 3 is 3.11 bits per heavy atom. The first kappa shape index (κ1) is 11.8. The minimum absolute atomic E-state index is 0.00727. The van der Waals surface area contributed by atoms with Gasteiger partial charge in [-0.25, -0.2) is 0 Å². The molecular formula is C13H14N2O2S. The lowest BCUT2D eigenvalue weighted by Crippen LogP contribution is -2.46. The van der Waals surface area contributed by atoms with E-state index in [1.54, 1.807) is 6.92 Å². The van der Waals surface area contributed by atoms with E-state index in [9.17, 15) is 15.2 Å². The number of hydrogen-bond acceptors (Lipinski definition) is 4.